The molecule has 1 unspecified atom stereocenters. The third-order valence-electron chi connectivity index (χ3n) is 8.41. The first kappa shape index (κ1) is 53.2. The predicted molar refractivity (Wildman–Crippen MR) is 231 cm³/mol. The molecule has 0 heterocycles. The standard InChI is InChI=1S/C46H78NO8P/c1-6-8-10-12-14-16-18-20-21-22-23-24-25-27-28-30-32-34-36-38-45(48)52-42-44(43-54-56(50,51)53-41-40-47(3,4)5)55-46(49)39-37-35-33-31-29-26-19-17-15-13-11-9-7-2/h8,10,14,16-17,19-21,23-24,27-28,32,34,44H,6-7,9,11-13,15,18,22,25-26,29-31,33,35-43H2,1-5H3/b10-8+,16-14+,19-17+,21-20+,24-23+,28-27+,34-32+/t44-/m0/s1. The number of rotatable bonds is 37. The highest BCUT2D eigenvalue weighted by Crippen LogP contribution is 2.38. The molecule has 0 aromatic rings. The van der Waals surface area contributed by atoms with Crippen LogP contribution in [0.4, 0.5) is 0 Å². The van der Waals surface area contributed by atoms with Gasteiger partial charge in [-0.05, 0) is 77.0 Å². The summed E-state index contributed by atoms with van der Waals surface area (Å²) in [7, 11) is 1.11. The number of unbranched alkanes of at least 4 members (excludes halogenated alkanes) is 9. The monoisotopic (exact) mass is 804 g/mol. The SMILES string of the molecule is CC/C=C/C/C=C/C/C=C/C/C=C/C/C=C/C/C=C/CCC(=O)OC[C@@H](COP(=O)([O-])OCC[N+](C)(C)C)OC(=O)CCCCCCC/C=C/CCCCCC. The van der Waals surface area contributed by atoms with Crippen molar-refractivity contribution in [2.45, 2.75) is 148 Å². The highest BCUT2D eigenvalue weighted by atomic mass is 31.2. The van der Waals surface area contributed by atoms with E-state index in [4.69, 9.17) is 18.5 Å². The van der Waals surface area contributed by atoms with E-state index in [2.05, 4.69) is 86.8 Å². The van der Waals surface area contributed by atoms with Gasteiger partial charge in [-0.1, -0.05) is 137 Å². The number of phosphoric acid groups is 1. The molecule has 0 aliphatic rings. The van der Waals surface area contributed by atoms with E-state index in [-0.39, 0.29) is 26.1 Å². The summed E-state index contributed by atoms with van der Waals surface area (Å²) in [5, 5.41) is 0. The van der Waals surface area contributed by atoms with Gasteiger partial charge >= 0.3 is 11.9 Å². The van der Waals surface area contributed by atoms with Crippen molar-refractivity contribution in [2.24, 2.45) is 0 Å². The van der Waals surface area contributed by atoms with E-state index in [1.54, 1.807) is 0 Å². The lowest BCUT2D eigenvalue weighted by atomic mass is 10.1. The molecule has 56 heavy (non-hydrogen) atoms. The molecule has 0 aromatic carbocycles. The second-order valence-electron chi connectivity index (χ2n) is 15.0. The molecule has 0 amide bonds. The van der Waals surface area contributed by atoms with Crippen LogP contribution in [0.1, 0.15) is 142 Å². The number of carbonyl (C=O) groups excluding carboxylic acids is 2. The van der Waals surface area contributed by atoms with Gasteiger partial charge in [-0.15, -0.1) is 0 Å². The van der Waals surface area contributed by atoms with Crippen molar-refractivity contribution in [3.8, 4) is 0 Å². The molecule has 0 saturated carbocycles. The van der Waals surface area contributed by atoms with Crippen LogP contribution in [-0.4, -0.2) is 70.0 Å². The summed E-state index contributed by atoms with van der Waals surface area (Å²) in [5.74, 6) is -0.952. The first-order valence-electron chi connectivity index (χ1n) is 21.3. The minimum atomic E-state index is -4.65. The van der Waals surface area contributed by atoms with Gasteiger partial charge in [-0.3, -0.25) is 14.2 Å². The molecule has 2 atom stereocenters. The molecule has 0 bridgehead atoms. The van der Waals surface area contributed by atoms with Gasteiger partial charge < -0.3 is 27.9 Å². The second-order valence-corrected chi connectivity index (χ2v) is 16.4. The maximum atomic E-state index is 12.6. The van der Waals surface area contributed by atoms with Crippen molar-refractivity contribution in [1.82, 2.24) is 0 Å². The number of likely N-dealkylation sites (N-methyl/N-ethyl adjacent to an activating group) is 1. The summed E-state index contributed by atoms with van der Waals surface area (Å²) >= 11 is 0. The van der Waals surface area contributed by atoms with Gasteiger partial charge in [0, 0.05) is 12.8 Å². The first-order valence-corrected chi connectivity index (χ1v) is 22.8. The van der Waals surface area contributed by atoms with Gasteiger partial charge in [0.25, 0.3) is 7.82 Å². The van der Waals surface area contributed by atoms with Crippen LogP contribution in [0.5, 0.6) is 0 Å². The number of allylic oxidation sites excluding steroid dienone is 14. The van der Waals surface area contributed by atoms with Gasteiger partial charge in [-0.2, -0.15) is 0 Å². The van der Waals surface area contributed by atoms with Crippen molar-refractivity contribution in [2.75, 3.05) is 47.5 Å². The van der Waals surface area contributed by atoms with E-state index in [0.717, 1.165) is 77.0 Å². The minimum absolute atomic E-state index is 0.0480. The van der Waals surface area contributed by atoms with Crippen LogP contribution < -0.4 is 4.89 Å². The number of ether oxygens (including phenoxy) is 2. The third-order valence-corrected chi connectivity index (χ3v) is 9.38. The zero-order valence-electron chi connectivity index (χ0n) is 35.8. The molecule has 0 aliphatic carbocycles. The molecular formula is C46H78NO8P. The summed E-state index contributed by atoms with van der Waals surface area (Å²) in [6.45, 7) is 3.97. The van der Waals surface area contributed by atoms with Crippen LogP contribution in [0.2, 0.25) is 0 Å². The van der Waals surface area contributed by atoms with E-state index in [9.17, 15) is 19.0 Å². The van der Waals surface area contributed by atoms with Crippen LogP contribution in [-0.2, 0) is 32.7 Å². The van der Waals surface area contributed by atoms with Crippen molar-refractivity contribution in [1.29, 1.82) is 0 Å². The van der Waals surface area contributed by atoms with Crippen LogP contribution in [0, 0.1) is 0 Å². The zero-order chi connectivity index (χ0) is 41.4. The number of hydrogen-bond donors (Lipinski definition) is 0. The number of quaternary nitrogens is 1. The van der Waals surface area contributed by atoms with Crippen LogP contribution in [0.3, 0.4) is 0 Å². The van der Waals surface area contributed by atoms with Gasteiger partial charge in [0.2, 0.25) is 0 Å². The molecule has 0 radical (unpaired) electrons. The molecule has 9 nitrogen and oxygen atoms in total. The predicted octanol–water partition coefficient (Wildman–Crippen LogP) is 11.4. The van der Waals surface area contributed by atoms with Crippen LogP contribution in [0.15, 0.2) is 85.1 Å². The number of hydrogen-bond acceptors (Lipinski definition) is 8. The molecule has 10 heteroatoms. The number of nitrogens with zero attached hydrogens (tertiary/aromatic N) is 1. The van der Waals surface area contributed by atoms with Crippen molar-refractivity contribution < 1.29 is 42.1 Å². The Balaban J connectivity index is 4.52. The molecule has 0 rings (SSSR count). The maximum Gasteiger partial charge on any atom is 0.306 e. The largest absolute Gasteiger partial charge is 0.756 e. The number of carbonyl (C=O) groups is 2. The molecule has 0 N–H and O–H groups in total. The van der Waals surface area contributed by atoms with Crippen molar-refractivity contribution in [3.05, 3.63) is 85.1 Å². The van der Waals surface area contributed by atoms with Crippen LogP contribution in [0.25, 0.3) is 0 Å². The fourth-order valence-corrected chi connectivity index (χ4v) is 5.81. The average Bonchev–Trinajstić information content (AvgIpc) is 3.15. The lowest BCUT2D eigenvalue weighted by Gasteiger charge is -2.28. The molecule has 320 valence electrons. The van der Waals surface area contributed by atoms with Crippen molar-refractivity contribution in [3.63, 3.8) is 0 Å². The number of phosphoric ester groups is 1. The van der Waals surface area contributed by atoms with Gasteiger partial charge in [0.05, 0.1) is 27.7 Å². The lowest BCUT2D eigenvalue weighted by Crippen LogP contribution is -2.37. The molecule has 0 saturated heterocycles. The summed E-state index contributed by atoms with van der Waals surface area (Å²) in [4.78, 5) is 37.4. The Morgan fingerprint density at radius 1 is 0.571 bits per heavy atom. The maximum absolute atomic E-state index is 12.6. The Labute approximate surface area is 341 Å². The zero-order valence-corrected chi connectivity index (χ0v) is 36.7. The fourth-order valence-electron chi connectivity index (χ4n) is 5.08. The van der Waals surface area contributed by atoms with E-state index in [1.807, 2.05) is 33.3 Å². The molecular weight excluding hydrogens is 725 g/mol. The topological polar surface area (TPSA) is 111 Å². The lowest BCUT2D eigenvalue weighted by molar-refractivity contribution is -0.870. The Morgan fingerprint density at radius 3 is 1.59 bits per heavy atom. The highest BCUT2D eigenvalue weighted by Gasteiger charge is 2.21. The smallest absolute Gasteiger partial charge is 0.306 e. The van der Waals surface area contributed by atoms with E-state index in [0.29, 0.717) is 23.9 Å². The summed E-state index contributed by atoms with van der Waals surface area (Å²) in [6.07, 6.45) is 47.7. The van der Waals surface area contributed by atoms with Gasteiger partial charge in [0.1, 0.15) is 19.8 Å². The molecule has 0 spiro atoms. The molecule has 0 aliphatic heterocycles. The van der Waals surface area contributed by atoms with E-state index < -0.39 is 32.5 Å². The molecule has 0 aromatic heterocycles. The summed E-state index contributed by atoms with van der Waals surface area (Å²) in [5.41, 5.74) is 0. The summed E-state index contributed by atoms with van der Waals surface area (Å²) < 4.78 is 33.7. The fraction of sp³-hybridized carbons (Fsp3) is 0.652. The Kier molecular flexibility index (Phi) is 35.9. The Bertz CT molecular complexity index is 1230. The minimum Gasteiger partial charge on any atom is -0.756 e. The Morgan fingerprint density at radius 2 is 1.05 bits per heavy atom. The van der Waals surface area contributed by atoms with Crippen molar-refractivity contribution >= 4 is 19.8 Å². The Hall–Kier alpha value is -2.81. The third kappa shape index (κ3) is 40.8. The summed E-state index contributed by atoms with van der Waals surface area (Å²) in [6, 6.07) is 0. The van der Waals surface area contributed by atoms with Crippen LogP contribution >= 0.6 is 7.82 Å². The molecule has 0 fully saturated rings. The first-order chi connectivity index (χ1) is 27.0. The average molecular weight is 804 g/mol. The quantitative estimate of drug-likeness (QED) is 0.0201. The van der Waals surface area contributed by atoms with E-state index >= 15 is 0 Å². The van der Waals surface area contributed by atoms with Gasteiger partial charge in [-0.25, -0.2) is 0 Å². The highest BCUT2D eigenvalue weighted by molar-refractivity contribution is 7.45. The second kappa shape index (κ2) is 37.7. The normalized spacial score (nSPS) is 14.5. The van der Waals surface area contributed by atoms with Gasteiger partial charge in [0.15, 0.2) is 6.10 Å². The van der Waals surface area contributed by atoms with E-state index in [1.165, 1.54) is 25.7 Å². The number of esters is 2.